The molecule has 0 spiro atoms. The molecule has 35 heavy (non-hydrogen) atoms. The molecule has 7 atom stereocenters. The molecular formula is C27H41NO7. The average Bonchev–Trinajstić information content (AvgIpc) is 2.93. The summed E-state index contributed by atoms with van der Waals surface area (Å²) < 4.78 is 11.5. The van der Waals surface area contributed by atoms with Crippen LogP contribution in [-0.4, -0.2) is 68.8 Å². The second kappa shape index (κ2) is 11.7. The minimum Gasteiger partial charge on any atom is -0.508 e. The van der Waals surface area contributed by atoms with Crippen LogP contribution in [0, 0.1) is 11.8 Å². The highest BCUT2D eigenvalue weighted by molar-refractivity contribution is 5.89. The van der Waals surface area contributed by atoms with E-state index in [-0.39, 0.29) is 24.1 Å². The Bertz CT molecular complexity index is 877. The first-order valence-corrected chi connectivity index (χ1v) is 12.9. The third-order valence-corrected chi connectivity index (χ3v) is 7.59. The molecule has 7 unspecified atom stereocenters. The molecule has 2 fully saturated rings. The lowest BCUT2D eigenvalue weighted by molar-refractivity contribution is -0.268. The van der Waals surface area contributed by atoms with E-state index < -0.39 is 42.0 Å². The lowest BCUT2D eigenvalue weighted by Gasteiger charge is -2.41. The summed E-state index contributed by atoms with van der Waals surface area (Å²) in [6.07, 6.45) is 2.34. The van der Waals surface area contributed by atoms with Crippen molar-refractivity contribution in [1.82, 2.24) is 4.90 Å². The highest BCUT2D eigenvalue weighted by Crippen LogP contribution is 2.34. The number of nitrogens with zero attached hydrogens (tertiary/aromatic N) is 1. The summed E-state index contributed by atoms with van der Waals surface area (Å²) in [6.45, 7) is 7.71. The number of rotatable bonds is 7. The van der Waals surface area contributed by atoms with Crippen molar-refractivity contribution < 1.29 is 34.4 Å². The number of hydrogen-bond acceptors (Lipinski definition) is 7. The lowest BCUT2D eigenvalue weighted by atomic mass is 9.91. The zero-order valence-electron chi connectivity index (χ0n) is 21.4. The molecule has 8 nitrogen and oxygen atoms in total. The van der Waals surface area contributed by atoms with Crippen LogP contribution < -0.4 is 0 Å². The van der Waals surface area contributed by atoms with Gasteiger partial charge in [0.15, 0.2) is 0 Å². The number of carbonyl (C=O) groups is 2. The van der Waals surface area contributed by atoms with Crippen molar-refractivity contribution in [3.63, 3.8) is 0 Å². The van der Waals surface area contributed by atoms with Gasteiger partial charge in [0.25, 0.3) is 11.7 Å². The van der Waals surface area contributed by atoms with Gasteiger partial charge in [-0.2, -0.15) is 0 Å². The number of amides is 1. The second-order valence-corrected chi connectivity index (χ2v) is 10.3. The average molecular weight is 492 g/mol. The van der Waals surface area contributed by atoms with Crippen molar-refractivity contribution in [2.45, 2.75) is 103 Å². The van der Waals surface area contributed by atoms with Crippen LogP contribution in [0.5, 0.6) is 5.75 Å². The molecule has 1 aromatic carbocycles. The summed E-state index contributed by atoms with van der Waals surface area (Å²) in [6, 6.07) is 6.20. The van der Waals surface area contributed by atoms with Gasteiger partial charge in [0.2, 0.25) is 0 Å². The van der Waals surface area contributed by atoms with Crippen LogP contribution in [0.1, 0.15) is 71.8 Å². The van der Waals surface area contributed by atoms with E-state index in [1.807, 2.05) is 19.9 Å². The molecule has 2 aliphatic rings. The van der Waals surface area contributed by atoms with Gasteiger partial charge in [-0.25, -0.2) is 4.79 Å². The van der Waals surface area contributed by atoms with Gasteiger partial charge in [0.1, 0.15) is 24.0 Å². The summed E-state index contributed by atoms with van der Waals surface area (Å²) in [4.78, 5) is 28.2. The number of aliphatic hydroxyl groups excluding tert-OH is 1. The normalized spacial score (nSPS) is 31.3. The number of hydrogen-bond donors (Lipinski definition) is 3. The fourth-order valence-electron chi connectivity index (χ4n) is 5.27. The summed E-state index contributed by atoms with van der Waals surface area (Å²) in [5.41, 5.74) is 0.958. The number of benzene rings is 1. The predicted octanol–water partition coefficient (Wildman–Crippen LogP) is 3.16. The third kappa shape index (κ3) is 6.35. The summed E-state index contributed by atoms with van der Waals surface area (Å²) in [7, 11) is 0. The number of phenols is 1. The molecule has 0 radical (unpaired) electrons. The number of carbonyl (C=O) groups excluding carboxylic acids is 2. The van der Waals surface area contributed by atoms with Gasteiger partial charge in [-0.15, -0.1) is 0 Å². The number of phenolic OH excluding ortho intramolecular Hbond substituents is 1. The molecule has 0 aromatic heterocycles. The maximum absolute atomic E-state index is 13.6. The number of aliphatic hydroxyl groups is 2. The van der Waals surface area contributed by atoms with E-state index in [4.69, 9.17) is 9.47 Å². The number of likely N-dealkylation sites (tertiary alicyclic amines) is 1. The fourth-order valence-corrected chi connectivity index (χ4v) is 5.27. The maximum atomic E-state index is 13.6. The SMILES string of the molecule is CCC(Cc1cccc(O)c1)C(C)OC(=O)C1CCCCN1C(=O)C1(O)OC(C)CCC(C)C1O. The first kappa shape index (κ1) is 27.4. The standard InChI is InChI=1S/C27H41NO7/c1-5-21(15-20-9-8-10-22(29)16-20)19(4)34-25(31)23-11-6-7-14-28(23)26(32)27(33)24(30)17(2)12-13-18(3)35-27/h8-10,16-19,21,23-24,29-30,33H,5-7,11-15H2,1-4H3. The van der Waals surface area contributed by atoms with Crippen molar-refractivity contribution in [2.75, 3.05) is 6.54 Å². The molecule has 2 aliphatic heterocycles. The minimum absolute atomic E-state index is 0.0337. The predicted molar refractivity (Wildman–Crippen MR) is 130 cm³/mol. The second-order valence-electron chi connectivity index (χ2n) is 10.3. The molecule has 1 aromatic rings. The topological polar surface area (TPSA) is 117 Å². The molecule has 8 heteroatoms. The third-order valence-electron chi connectivity index (χ3n) is 7.59. The van der Waals surface area contributed by atoms with E-state index in [2.05, 4.69) is 0 Å². The zero-order chi connectivity index (χ0) is 25.8. The number of esters is 1. The van der Waals surface area contributed by atoms with Crippen LogP contribution in [0.3, 0.4) is 0 Å². The molecule has 0 aliphatic carbocycles. The number of piperidine rings is 1. The van der Waals surface area contributed by atoms with Gasteiger partial charge in [-0.1, -0.05) is 26.0 Å². The largest absolute Gasteiger partial charge is 0.508 e. The zero-order valence-corrected chi connectivity index (χ0v) is 21.4. The van der Waals surface area contributed by atoms with Gasteiger partial charge >= 0.3 is 5.97 Å². The monoisotopic (exact) mass is 491 g/mol. The Morgan fingerprint density at radius 3 is 2.66 bits per heavy atom. The molecule has 2 heterocycles. The lowest BCUT2D eigenvalue weighted by Crippen LogP contribution is -2.63. The van der Waals surface area contributed by atoms with E-state index in [1.54, 1.807) is 32.0 Å². The van der Waals surface area contributed by atoms with Gasteiger partial charge in [-0.3, -0.25) is 4.79 Å². The summed E-state index contributed by atoms with van der Waals surface area (Å²) in [5.74, 6) is -3.77. The van der Waals surface area contributed by atoms with Crippen LogP contribution in [-0.2, 0) is 25.5 Å². The Kier molecular flexibility index (Phi) is 9.18. The Morgan fingerprint density at radius 1 is 1.23 bits per heavy atom. The van der Waals surface area contributed by atoms with Crippen molar-refractivity contribution in [3.05, 3.63) is 29.8 Å². The molecular weight excluding hydrogens is 450 g/mol. The Balaban J connectivity index is 1.73. The van der Waals surface area contributed by atoms with Crippen LogP contribution in [0.15, 0.2) is 24.3 Å². The smallest absolute Gasteiger partial charge is 0.329 e. The van der Waals surface area contributed by atoms with E-state index in [1.165, 1.54) is 4.90 Å². The summed E-state index contributed by atoms with van der Waals surface area (Å²) in [5, 5.41) is 31.8. The minimum atomic E-state index is -2.39. The molecule has 2 saturated heterocycles. The van der Waals surface area contributed by atoms with Gasteiger partial charge in [-0.05, 0) is 88.3 Å². The van der Waals surface area contributed by atoms with E-state index >= 15 is 0 Å². The van der Waals surface area contributed by atoms with E-state index in [9.17, 15) is 24.9 Å². The highest BCUT2D eigenvalue weighted by Gasteiger charge is 2.53. The van der Waals surface area contributed by atoms with Gasteiger partial charge < -0.3 is 29.7 Å². The first-order chi connectivity index (χ1) is 16.6. The van der Waals surface area contributed by atoms with Crippen LogP contribution in [0.2, 0.25) is 0 Å². The number of ether oxygens (including phenoxy) is 2. The summed E-state index contributed by atoms with van der Waals surface area (Å²) >= 11 is 0. The first-order valence-electron chi connectivity index (χ1n) is 12.9. The molecule has 1 amide bonds. The quantitative estimate of drug-likeness (QED) is 0.502. The maximum Gasteiger partial charge on any atom is 0.329 e. The van der Waals surface area contributed by atoms with E-state index in [0.29, 0.717) is 32.1 Å². The highest BCUT2D eigenvalue weighted by atomic mass is 16.7. The fraction of sp³-hybridized carbons (Fsp3) is 0.704. The van der Waals surface area contributed by atoms with Crippen LogP contribution in [0.4, 0.5) is 0 Å². The molecule has 0 bridgehead atoms. The van der Waals surface area contributed by atoms with Gasteiger partial charge in [0, 0.05) is 6.54 Å². The molecule has 3 N–H and O–H groups in total. The van der Waals surface area contributed by atoms with E-state index in [0.717, 1.165) is 18.4 Å². The van der Waals surface area contributed by atoms with Gasteiger partial charge in [0.05, 0.1) is 6.10 Å². The van der Waals surface area contributed by atoms with Crippen molar-refractivity contribution in [1.29, 1.82) is 0 Å². The van der Waals surface area contributed by atoms with Crippen LogP contribution in [0.25, 0.3) is 0 Å². The van der Waals surface area contributed by atoms with Crippen molar-refractivity contribution >= 4 is 11.9 Å². The molecule has 196 valence electrons. The van der Waals surface area contributed by atoms with Crippen molar-refractivity contribution in [3.8, 4) is 5.75 Å². The Labute approximate surface area is 208 Å². The Hall–Kier alpha value is -2.16. The Morgan fingerprint density at radius 2 is 1.97 bits per heavy atom. The number of aromatic hydroxyl groups is 1. The van der Waals surface area contributed by atoms with Crippen LogP contribution >= 0.6 is 0 Å². The van der Waals surface area contributed by atoms with Crippen molar-refractivity contribution in [2.24, 2.45) is 11.8 Å². The molecule has 0 saturated carbocycles. The molecule has 3 rings (SSSR count).